The third-order valence-electron chi connectivity index (χ3n) is 3.94. The molecule has 1 fully saturated rings. The molecule has 1 aliphatic heterocycles. The minimum Gasteiger partial charge on any atom is -0.373 e. The minimum absolute atomic E-state index is 0.549. The number of likely N-dealkylation sites (tertiary alicyclic amines) is 1. The topological polar surface area (TPSA) is 53.1 Å². The molecule has 0 amide bonds. The Labute approximate surface area is 122 Å². The van der Waals surface area contributed by atoms with Gasteiger partial charge in [-0.1, -0.05) is 13.3 Å². The van der Waals surface area contributed by atoms with E-state index in [2.05, 4.69) is 39.3 Å². The first kappa shape index (κ1) is 15.0. The Bertz CT molecular complexity index is 392. The van der Waals surface area contributed by atoms with Gasteiger partial charge in [-0.25, -0.2) is 9.97 Å². The second-order valence-electron chi connectivity index (χ2n) is 5.48. The monoisotopic (exact) mass is 277 g/mol. The molecule has 2 heterocycles. The van der Waals surface area contributed by atoms with Gasteiger partial charge in [-0.15, -0.1) is 0 Å². The van der Waals surface area contributed by atoms with Gasteiger partial charge >= 0.3 is 0 Å². The lowest BCUT2D eigenvalue weighted by molar-refractivity contribution is 0.180. The average Bonchev–Trinajstić information content (AvgIpc) is 2.53. The molecule has 0 saturated carbocycles. The summed E-state index contributed by atoms with van der Waals surface area (Å²) in [6.45, 7) is 7.76. The van der Waals surface area contributed by atoms with Crippen LogP contribution in [0.25, 0.3) is 0 Å². The maximum absolute atomic E-state index is 4.54. The van der Waals surface area contributed by atoms with Gasteiger partial charge in [-0.2, -0.15) is 0 Å². The Morgan fingerprint density at radius 1 is 1.20 bits per heavy atom. The lowest BCUT2D eigenvalue weighted by Crippen LogP contribution is -2.41. The van der Waals surface area contributed by atoms with E-state index < -0.39 is 0 Å². The van der Waals surface area contributed by atoms with Crippen LogP contribution in [0.4, 0.5) is 11.6 Å². The molecule has 1 atom stereocenters. The van der Waals surface area contributed by atoms with Crippen molar-refractivity contribution in [3.05, 3.63) is 11.9 Å². The molecule has 5 heteroatoms. The molecule has 1 aromatic heterocycles. The SMILES string of the molecule is CCc1nc(NC)cc(NCC(C)N2CCCCC2)n1. The van der Waals surface area contributed by atoms with Crippen molar-refractivity contribution in [1.29, 1.82) is 0 Å². The molecule has 2 N–H and O–H groups in total. The molecule has 5 nitrogen and oxygen atoms in total. The van der Waals surface area contributed by atoms with E-state index in [1.807, 2.05) is 13.1 Å². The first-order valence-corrected chi connectivity index (χ1v) is 7.76. The summed E-state index contributed by atoms with van der Waals surface area (Å²) in [4.78, 5) is 11.5. The van der Waals surface area contributed by atoms with E-state index in [-0.39, 0.29) is 0 Å². The number of hydrogen-bond acceptors (Lipinski definition) is 5. The van der Waals surface area contributed by atoms with E-state index in [4.69, 9.17) is 0 Å². The Balaban J connectivity index is 1.92. The molecular formula is C15H27N5. The van der Waals surface area contributed by atoms with E-state index in [1.165, 1.54) is 32.4 Å². The summed E-state index contributed by atoms with van der Waals surface area (Å²) in [6.07, 6.45) is 4.91. The molecule has 0 bridgehead atoms. The van der Waals surface area contributed by atoms with Crippen molar-refractivity contribution in [1.82, 2.24) is 14.9 Å². The molecule has 1 saturated heterocycles. The molecule has 1 aromatic rings. The highest BCUT2D eigenvalue weighted by atomic mass is 15.2. The number of anilines is 2. The van der Waals surface area contributed by atoms with E-state index in [9.17, 15) is 0 Å². The molecule has 2 rings (SSSR count). The average molecular weight is 277 g/mol. The fourth-order valence-corrected chi connectivity index (χ4v) is 2.61. The predicted octanol–water partition coefficient (Wildman–Crippen LogP) is 2.37. The van der Waals surface area contributed by atoms with Crippen molar-refractivity contribution in [2.45, 2.75) is 45.6 Å². The fraction of sp³-hybridized carbons (Fsp3) is 0.733. The maximum atomic E-state index is 4.54. The number of hydrogen-bond donors (Lipinski definition) is 2. The summed E-state index contributed by atoms with van der Waals surface area (Å²) in [5, 5.41) is 6.55. The van der Waals surface area contributed by atoms with Crippen LogP contribution >= 0.6 is 0 Å². The van der Waals surface area contributed by atoms with Gasteiger partial charge in [0.15, 0.2) is 0 Å². The van der Waals surface area contributed by atoms with Crippen LogP contribution < -0.4 is 10.6 Å². The van der Waals surface area contributed by atoms with Gasteiger partial charge in [0.1, 0.15) is 17.5 Å². The van der Waals surface area contributed by atoms with E-state index >= 15 is 0 Å². The second kappa shape index (κ2) is 7.43. The van der Waals surface area contributed by atoms with Crippen LogP contribution in [0.15, 0.2) is 6.07 Å². The largest absolute Gasteiger partial charge is 0.373 e. The maximum Gasteiger partial charge on any atom is 0.132 e. The first-order chi connectivity index (χ1) is 9.72. The van der Waals surface area contributed by atoms with E-state index in [1.54, 1.807) is 0 Å². The quantitative estimate of drug-likeness (QED) is 0.836. The number of nitrogens with one attached hydrogen (secondary N) is 2. The number of rotatable bonds is 6. The molecular weight excluding hydrogens is 250 g/mol. The molecule has 1 aliphatic rings. The molecule has 112 valence electrons. The highest BCUT2D eigenvalue weighted by Crippen LogP contribution is 2.14. The summed E-state index contributed by atoms with van der Waals surface area (Å²) in [7, 11) is 1.89. The zero-order valence-electron chi connectivity index (χ0n) is 12.9. The normalized spacial score (nSPS) is 17.8. The summed E-state index contributed by atoms with van der Waals surface area (Å²) >= 11 is 0. The van der Waals surface area contributed by atoms with Crippen LogP contribution in [0, 0.1) is 0 Å². The number of aryl methyl sites for hydroxylation is 1. The van der Waals surface area contributed by atoms with Crippen molar-refractivity contribution >= 4 is 11.6 Å². The summed E-state index contributed by atoms with van der Waals surface area (Å²) < 4.78 is 0. The molecule has 0 spiro atoms. The van der Waals surface area contributed by atoms with E-state index in [0.717, 1.165) is 30.4 Å². The van der Waals surface area contributed by atoms with Crippen LogP contribution in [0.3, 0.4) is 0 Å². The highest BCUT2D eigenvalue weighted by Gasteiger charge is 2.16. The Morgan fingerprint density at radius 3 is 2.55 bits per heavy atom. The molecule has 1 unspecified atom stereocenters. The van der Waals surface area contributed by atoms with Gasteiger partial charge in [0.2, 0.25) is 0 Å². The van der Waals surface area contributed by atoms with Crippen LogP contribution in [0.1, 0.15) is 38.9 Å². The van der Waals surface area contributed by atoms with Crippen molar-refractivity contribution in [2.24, 2.45) is 0 Å². The zero-order valence-corrected chi connectivity index (χ0v) is 12.9. The third-order valence-corrected chi connectivity index (χ3v) is 3.94. The van der Waals surface area contributed by atoms with Crippen LogP contribution in [0.5, 0.6) is 0 Å². The fourth-order valence-electron chi connectivity index (χ4n) is 2.61. The summed E-state index contributed by atoms with van der Waals surface area (Å²) in [6, 6.07) is 2.52. The highest BCUT2D eigenvalue weighted by molar-refractivity contribution is 5.47. The van der Waals surface area contributed by atoms with Crippen molar-refractivity contribution in [2.75, 3.05) is 37.3 Å². The first-order valence-electron chi connectivity index (χ1n) is 7.76. The lowest BCUT2D eigenvalue weighted by Gasteiger charge is -2.32. The summed E-state index contributed by atoms with van der Waals surface area (Å²) in [5.41, 5.74) is 0. The molecule has 0 radical (unpaired) electrons. The zero-order chi connectivity index (χ0) is 14.4. The van der Waals surface area contributed by atoms with Crippen LogP contribution in [0.2, 0.25) is 0 Å². The summed E-state index contributed by atoms with van der Waals surface area (Å²) in [5.74, 6) is 2.68. The minimum atomic E-state index is 0.549. The van der Waals surface area contributed by atoms with Crippen molar-refractivity contribution in [3.8, 4) is 0 Å². The second-order valence-corrected chi connectivity index (χ2v) is 5.48. The van der Waals surface area contributed by atoms with Gasteiger partial charge < -0.3 is 10.6 Å². The van der Waals surface area contributed by atoms with Crippen molar-refractivity contribution in [3.63, 3.8) is 0 Å². The van der Waals surface area contributed by atoms with Crippen LogP contribution in [-0.4, -0.2) is 47.6 Å². The van der Waals surface area contributed by atoms with Crippen molar-refractivity contribution < 1.29 is 0 Å². The van der Waals surface area contributed by atoms with E-state index in [0.29, 0.717) is 6.04 Å². The van der Waals surface area contributed by atoms with Gasteiger partial charge in [-0.05, 0) is 32.9 Å². The Morgan fingerprint density at radius 2 is 1.90 bits per heavy atom. The third kappa shape index (κ3) is 4.07. The standard InChI is InChI=1S/C15H27N5/c1-4-13-18-14(16-3)10-15(19-13)17-11-12(2)20-8-6-5-7-9-20/h10,12H,4-9,11H2,1-3H3,(H2,16,17,18,19). The molecule has 0 aliphatic carbocycles. The smallest absolute Gasteiger partial charge is 0.132 e. The number of aromatic nitrogens is 2. The lowest BCUT2D eigenvalue weighted by atomic mass is 10.1. The van der Waals surface area contributed by atoms with Gasteiger partial charge in [-0.3, -0.25) is 4.90 Å². The van der Waals surface area contributed by atoms with Gasteiger partial charge in [0.25, 0.3) is 0 Å². The Kier molecular flexibility index (Phi) is 5.59. The van der Waals surface area contributed by atoms with Gasteiger partial charge in [0, 0.05) is 32.1 Å². The molecule has 20 heavy (non-hydrogen) atoms. The number of nitrogens with zero attached hydrogens (tertiary/aromatic N) is 3. The van der Waals surface area contributed by atoms with Gasteiger partial charge in [0.05, 0.1) is 0 Å². The number of piperidine rings is 1. The predicted molar refractivity (Wildman–Crippen MR) is 84.3 cm³/mol. The van der Waals surface area contributed by atoms with Crippen LogP contribution in [-0.2, 0) is 6.42 Å². The molecule has 0 aromatic carbocycles. The Hall–Kier alpha value is -1.36.